The van der Waals surface area contributed by atoms with Crippen LogP contribution in [0.4, 0.5) is 0 Å². The first-order valence-corrected chi connectivity index (χ1v) is 8.29. The van der Waals surface area contributed by atoms with E-state index < -0.39 is 5.97 Å². The average Bonchev–Trinajstić information content (AvgIpc) is 2.43. The molecule has 21 heavy (non-hydrogen) atoms. The van der Waals surface area contributed by atoms with E-state index in [2.05, 4.69) is 31.2 Å². The van der Waals surface area contributed by atoms with E-state index in [0.29, 0.717) is 6.42 Å². The molecule has 0 aromatic carbocycles. The van der Waals surface area contributed by atoms with E-state index in [1.54, 1.807) is 0 Å². The van der Waals surface area contributed by atoms with Gasteiger partial charge in [0, 0.05) is 23.8 Å². The SMILES string of the molecule is CCCCC/C=C\C/C=C\CCCCCCCC(=O)O.[Al]. The van der Waals surface area contributed by atoms with Gasteiger partial charge in [0.25, 0.3) is 0 Å². The summed E-state index contributed by atoms with van der Waals surface area (Å²) < 4.78 is 0. The molecule has 0 fully saturated rings. The van der Waals surface area contributed by atoms with E-state index in [1.807, 2.05) is 0 Å². The number of aliphatic carboxylic acids is 1. The monoisotopic (exact) mass is 307 g/mol. The zero-order chi connectivity index (χ0) is 14.9. The van der Waals surface area contributed by atoms with E-state index in [-0.39, 0.29) is 17.4 Å². The van der Waals surface area contributed by atoms with Gasteiger partial charge in [-0.25, -0.2) is 0 Å². The first kappa shape index (κ1) is 22.8. The van der Waals surface area contributed by atoms with Crippen LogP contribution in [0.1, 0.15) is 84.0 Å². The molecule has 0 aliphatic carbocycles. The van der Waals surface area contributed by atoms with E-state index in [1.165, 1.54) is 44.9 Å². The minimum Gasteiger partial charge on any atom is -0.481 e. The Morgan fingerprint density at radius 2 is 1.33 bits per heavy atom. The van der Waals surface area contributed by atoms with Gasteiger partial charge in [0.15, 0.2) is 0 Å². The Hall–Kier alpha value is -0.518. The predicted octanol–water partition coefficient (Wildman–Crippen LogP) is 5.50. The molecule has 3 heteroatoms. The van der Waals surface area contributed by atoms with Gasteiger partial charge in [-0.05, 0) is 38.5 Å². The van der Waals surface area contributed by atoms with Crippen LogP contribution in [0.2, 0.25) is 0 Å². The maximum absolute atomic E-state index is 10.3. The smallest absolute Gasteiger partial charge is 0.303 e. The number of carboxylic acids is 1. The Bertz CT molecular complexity index is 272. The molecule has 0 heterocycles. The molecule has 0 aromatic rings. The van der Waals surface area contributed by atoms with Crippen molar-refractivity contribution >= 4 is 23.3 Å². The normalized spacial score (nSPS) is 11.1. The Morgan fingerprint density at radius 3 is 1.90 bits per heavy atom. The van der Waals surface area contributed by atoms with Crippen molar-refractivity contribution in [2.45, 2.75) is 84.0 Å². The van der Waals surface area contributed by atoms with Crippen LogP contribution in [0.15, 0.2) is 24.3 Å². The van der Waals surface area contributed by atoms with Crippen LogP contribution < -0.4 is 0 Å². The molecule has 119 valence electrons. The summed E-state index contributed by atoms with van der Waals surface area (Å²) in [6.45, 7) is 2.23. The predicted molar refractivity (Wildman–Crippen MR) is 92.7 cm³/mol. The van der Waals surface area contributed by atoms with Gasteiger partial charge in [0.1, 0.15) is 0 Å². The zero-order valence-corrected chi connectivity index (χ0v) is 14.9. The molecule has 0 atom stereocenters. The number of carbonyl (C=O) groups is 1. The topological polar surface area (TPSA) is 37.3 Å². The lowest BCUT2D eigenvalue weighted by atomic mass is 10.1. The van der Waals surface area contributed by atoms with Gasteiger partial charge < -0.3 is 5.11 Å². The third-order valence-electron chi connectivity index (χ3n) is 3.34. The van der Waals surface area contributed by atoms with Crippen LogP contribution in [0.25, 0.3) is 0 Å². The molecule has 2 nitrogen and oxygen atoms in total. The molecule has 0 amide bonds. The van der Waals surface area contributed by atoms with Crippen molar-refractivity contribution in [3.63, 3.8) is 0 Å². The lowest BCUT2D eigenvalue weighted by Crippen LogP contribution is -1.93. The third-order valence-corrected chi connectivity index (χ3v) is 3.34. The second-order valence-electron chi connectivity index (χ2n) is 5.37. The highest BCUT2D eigenvalue weighted by Crippen LogP contribution is 2.08. The molecule has 0 saturated carbocycles. The van der Waals surface area contributed by atoms with Gasteiger partial charge in [-0.1, -0.05) is 63.3 Å². The summed E-state index contributed by atoms with van der Waals surface area (Å²) >= 11 is 0. The van der Waals surface area contributed by atoms with E-state index in [4.69, 9.17) is 5.11 Å². The third kappa shape index (κ3) is 21.9. The quantitative estimate of drug-likeness (QED) is 0.261. The second-order valence-corrected chi connectivity index (χ2v) is 5.37. The molecule has 0 saturated heterocycles. The van der Waals surface area contributed by atoms with Crippen molar-refractivity contribution in [1.82, 2.24) is 0 Å². The number of unbranched alkanes of at least 4 members (excludes halogenated alkanes) is 8. The highest BCUT2D eigenvalue weighted by atomic mass is 27.0. The molecule has 0 unspecified atom stereocenters. The zero-order valence-electron chi connectivity index (χ0n) is 13.7. The highest BCUT2D eigenvalue weighted by Gasteiger charge is 1.95. The largest absolute Gasteiger partial charge is 0.481 e. The number of carboxylic acid groups (broad SMARTS) is 1. The molecule has 0 aromatic heterocycles. The summed E-state index contributed by atoms with van der Waals surface area (Å²) in [5, 5.41) is 8.50. The van der Waals surface area contributed by atoms with Gasteiger partial charge in [0.05, 0.1) is 0 Å². The Labute approximate surface area is 141 Å². The summed E-state index contributed by atoms with van der Waals surface area (Å²) in [5.74, 6) is -0.671. The summed E-state index contributed by atoms with van der Waals surface area (Å²) in [6.07, 6.45) is 22.3. The van der Waals surface area contributed by atoms with Crippen LogP contribution in [0.5, 0.6) is 0 Å². The summed E-state index contributed by atoms with van der Waals surface area (Å²) in [6, 6.07) is 0. The number of hydrogen-bond acceptors (Lipinski definition) is 1. The molecule has 0 spiro atoms. The van der Waals surface area contributed by atoms with Crippen molar-refractivity contribution in [2.75, 3.05) is 0 Å². The van der Waals surface area contributed by atoms with Gasteiger partial charge in [0.2, 0.25) is 0 Å². The highest BCUT2D eigenvalue weighted by molar-refractivity contribution is 5.75. The minimum atomic E-state index is -0.671. The fourth-order valence-corrected chi connectivity index (χ4v) is 2.09. The summed E-state index contributed by atoms with van der Waals surface area (Å²) in [7, 11) is 0. The first-order chi connectivity index (χ1) is 9.77. The van der Waals surface area contributed by atoms with Crippen LogP contribution in [-0.4, -0.2) is 28.4 Å². The van der Waals surface area contributed by atoms with Crippen molar-refractivity contribution in [3.05, 3.63) is 24.3 Å². The maximum Gasteiger partial charge on any atom is 0.303 e. The summed E-state index contributed by atoms with van der Waals surface area (Å²) in [4.78, 5) is 10.3. The van der Waals surface area contributed by atoms with Crippen LogP contribution in [0, 0.1) is 0 Å². The van der Waals surface area contributed by atoms with E-state index in [0.717, 1.165) is 25.7 Å². The Balaban J connectivity index is 0. The van der Waals surface area contributed by atoms with Crippen molar-refractivity contribution < 1.29 is 9.90 Å². The van der Waals surface area contributed by atoms with Crippen LogP contribution in [0.3, 0.4) is 0 Å². The molecule has 1 N–H and O–H groups in total. The molecular weight excluding hydrogens is 275 g/mol. The number of rotatable bonds is 14. The molecular formula is C18H32AlO2. The lowest BCUT2D eigenvalue weighted by molar-refractivity contribution is -0.137. The Kier molecular flexibility index (Phi) is 21.1. The van der Waals surface area contributed by atoms with Crippen molar-refractivity contribution in [2.24, 2.45) is 0 Å². The van der Waals surface area contributed by atoms with Gasteiger partial charge in [-0.3, -0.25) is 4.79 Å². The average molecular weight is 307 g/mol. The van der Waals surface area contributed by atoms with Crippen molar-refractivity contribution in [3.8, 4) is 0 Å². The Morgan fingerprint density at radius 1 is 0.810 bits per heavy atom. The van der Waals surface area contributed by atoms with E-state index >= 15 is 0 Å². The van der Waals surface area contributed by atoms with E-state index in [9.17, 15) is 4.79 Å². The second kappa shape index (κ2) is 19.5. The van der Waals surface area contributed by atoms with Crippen LogP contribution in [-0.2, 0) is 4.79 Å². The minimum absolute atomic E-state index is 0. The fourth-order valence-electron chi connectivity index (χ4n) is 2.09. The molecule has 0 rings (SSSR count). The van der Waals surface area contributed by atoms with Crippen molar-refractivity contribution in [1.29, 1.82) is 0 Å². The number of hydrogen-bond donors (Lipinski definition) is 1. The lowest BCUT2D eigenvalue weighted by Gasteiger charge is -1.98. The van der Waals surface area contributed by atoms with Crippen LogP contribution >= 0.6 is 0 Å². The van der Waals surface area contributed by atoms with Gasteiger partial charge in [-0.15, -0.1) is 0 Å². The molecule has 3 radical (unpaired) electrons. The van der Waals surface area contributed by atoms with Gasteiger partial charge >= 0.3 is 5.97 Å². The first-order valence-electron chi connectivity index (χ1n) is 8.29. The fraction of sp³-hybridized carbons (Fsp3) is 0.722. The van der Waals surface area contributed by atoms with Gasteiger partial charge in [-0.2, -0.15) is 0 Å². The maximum atomic E-state index is 10.3. The molecule has 0 aliphatic heterocycles. The molecule has 0 aliphatic rings. The number of allylic oxidation sites excluding steroid dienone is 4. The molecule has 0 bridgehead atoms. The summed E-state index contributed by atoms with van der Waals surface area (Å²) in [5.41, 5.74) is 0. The standard InChI is InChI=1S/C18H32O2.Al/c1-2-3-4-5-6-7-8-9-10-11-12-13-14-15-16-17-18(19)20;/h6-7,9-10H,2-5,8,11-17H2,1H3,(H,19,20);/b7-6-,10-9-;.